The van der Waals surface area contributed by atoms with Gasteiger partial charge in [0, 0.05) is 23.6 Å². The molecule has 2 aromatic heterocycles. The van der Waals surface area contributed by atoms with Crippen molar-refractivity contribution in [2.24, 2.45) is 5.92 Å². The average molecular weight is 407 g/mol. The fourth-order valence-electron chi connectivity index (χ4n) is 3.66. The molecule has 7 nitrogen and oxygen atoms in total. The first-order valence-corrected chi connectivity index (χ1v) is 9.83. The number of nitrogens with zero attached hydrogens (tertiary/aromatic N) is 3. The monoisotopic (exact) mass is 407 g/mol. The third kappa shape index (κ3) is 3.68. The zero-order chi connectivity index (χ0) is 21.3. The highest BCUT2D eigenvalue weighted by Crippen LogP contribution is 2.20. The summed E-state index contributed by atoms with van der Waals surface area (Å²) in [6.07, 6.45) is 2.34. The molecule has 1 amide bonds. The largest absolute Gasteiger partial charge is 0.361 e. The fraction of sp³-hybridized carbons (Fsp3) is 0.273. The molecule has 4 rings (SSSR count). The van der Waals surface area contributed by atoms with Crippen LogP contribution in [-0.4, -0.2) is 32.4 Å². The van der Waals surface area contributed by atoms with Crippen molar-refractivity contribution in [3.8, 4) is 0 Å². The summed E-state index contributed by atoms with van der Waals surface area (Å²) in [5, 5.41) is 12.2. The van der Waals surface area contributed by atoms with Crippen LogP contribution in [0.3, 0.4) is 0 Å². The number of fused-ring (bicyclic) bond motifs is 2. The molecule has 0 fully saturated rings. The molecule has 0 aliphatic carbocycles. The second-order valence-corrected chi connectivity index (χ2v) is 7.59. The van der Waals surface area contributed by atoms with Gasteiger partial charge in [0.2, 0.25) is 5.91 Å². The van der Waals surface area contributed by atoms with Crippen LogP contribution >= 0.6 is 0 Å². The molecule has 2 heterocycles. The van der Waals surface area contributed by atoms with Crippen LogP contribution in [0.5, 0.6) is 0 Å². The van der Waals surface area contributed by atoms with Crippen molar-refractivity contribution in [2.45, 2.75) is 26.3 Å². The van der Waals surface area contributed by atoms with Gasteiger partial charge in [0.15, 0.2) is 0 Å². The van der Waals surface area contributed by atoms with Crippen molar-refractivity contribution in [1.29, 1.82) is 0 Å². The van der Waals surface area contributed by atoms with Crippen LogP contribution < -0.4 is 10.9 Å². The summed E-state index contributed by atoms with van der Waals surface area (Å²) in [7, 11) is 0. The Morgan fingerprint density at radius 2 is 2.00 bits per heavy atom. The number of H-pyrrole nitrogens is 1. The SMILES string of the molecule is CC(C)[C@@H](C(=O)NCCc1c[nH]c2ccc(F)cc12)n1nnc2ccccc2c1=O. The Labute approximate surface area is 171 Å². The smallest absolute Gasteiger partial charge is 0.278 e. The van der Waals surface area contributed by atoms with Crippen molar-refractivity contribution in [1.82, 2.24) is 25.3 Å². The Hall–Kier alpha value is -3.55. The second kappa shape index (κ2) is 8.06. The fourth-order valence-corrected chi connectivity index (χ4v) is 3.66. The zero-order valence-electron chi connectivity index (χ0n) is 16.7. The lowest BCUT2D eigenvalue weighted by Gasteiger charge is -2.21. The number of carbonyl (C=O) groups excluding carboxylic acids is 1. The van der Waals surface area contributed by atoms with Gasteiger partial charge in [-0.2, -0.15) is 4.68 Å². The number of nitrogens with one attached hydrogen (secondary N) is 2. The van der Waals surface area contributed by atoms with E-state index >= 15 is 0 Å². The van der Waals surface area contributed by atoms with Gasteiger partial charge in [-0.3, -0.25) is 9.59 Å². The van der Waals surface area contributed by atoms with E-state index in [9.17, 15) is 14.0 Å². The number of aromatic amines is 1. The number of benzene rings is 2. The van der Waals surface area contributed by atoms with Gasteiger partial charge in [-0.05, 0) is 48.2 Å². The molecular weight excluding hydrogens is 385 g/mol. The number of halogens is 1. The summed E-state index contributed by atoms with van der Waals surface area (Å²) in [6, 6.07) is 10.7. The van der Waals surface area contributed by atoms with E-state index < -0.39 is 6.04 Å². The molecule has 8 heteroatoms. The molecule has 2 aromatic carbocycles. The van der Waals surface area contributed by atoms with Gasteiger partial charge in [0.05, 0.1) is 5.39 Å². The van der Waals surface area contributed by atoms with Crippen LogP contribution in [0.4, 0.5) is 4.39 Å². The Balaban J connectivity index is 1.52. The van der Waals surface area contributed by atoms with Crippen molar-refractivity contribution < 1.29 is 9.18 Å². The van der Waals surface area contributed by atoms with E-state index in [1.807, 2.05) is 20.0 Å². The second-order valence-electron chi connectivity index (χ2n) is 7.59. The Kier molecular flexibility index (Phi) is 5.31. The van der Waals surface area contributed by atoms with Crippen LogP contribution in [0, 0.1) is 11.7 Å². The molecule has 154 valence electrons. The molecule has 0 bridgehead atoms. The molecule has 2 N–H and O–H groups in total. The summed E-state index contributed by atoms with van der Waals surface area (Å²) < 4.78 is 14.7. The quantitative estimate of drug-likeness (QED) is 0.514. The van der Waals surface area contributed by atoms with E-state index in [1.54, 1.807) is 30.3 Å². The van der Waals surface area contributed by atoms with Crippen LogP contribution in [0.25, 0.3) is 21.8 Å². The van der Waals surface area contributed by atoms with Gasteiger partial charge in [-0.25, -0.2) is 4.39 Å². The zero-order valence-corrected chi connectivity index (χ0v) is 16.7. The van der Waals surface area contributed by atoms with Crippen molar-refractivity contribution in [3.05, 3.63) is 70.4 Å². The number of aromatic nitrogens is 4. The van der Waals surface area contributed by atoms with Crippen LogP contribution in [0.2, 0.25) is 0 Å². The molecule has 0 spiro atoms. The molecule has 1 atom stereocenters. The first kappa shape index (κ1) is 19.8. The van der Waals surface area contributed by atoms with Crippen molar-refractivity contribution in [2.75, 3.05) is 6.54 Å². The molecule has 0 unspecified atom stereocenters. The standard InChI is InChI=1S/C22H22FN5O2/c1-13(2)20(28-22(30)16-5-3-4-6-19(16)26-27-28)21(29)24-10-9-14-12-25-18-8-7-15(23)11-17(14)18/h3-8,11-13,20,25H,9-10H2,1-2H3,(H,24,29)/t20-/m0/s1. The summed E-state index contributed by atoms with van der Waals surface area (Å²) in [6.45, 7) is 4.06. The van der Waals surface area contributed by atoms with Crippen LogP contribution in [0.15, 0.2) is 53.5 Å². The van der Waals surface area contributed by atoms with Gasteiger partial charge in [-0.1, -0.05) is 31.2 Å². The van der Waals surface area contributed by atoms with Crippen molar-refractivity contribution in [3.63, 3.8) is 0 Å². The van der Waals surface area contributed by atoms with Gasteiger partial charge in [0.25, 0.3) is 5.56 Å². The van der Waals surface area contributed by atoms with E-state index in [1.165, 1.54) is 12.1 Å². The molecular formula is C22H22FN5O2. The van der Waals surface area contributed by atoms with Gasteiger partial charge in [-0.15, -0.1) is 5.10 Å². The van der Waals surface area contributed by atoms with Gasteiger partial charge in [0.1, 0.15) is 17.4 Å². The van der Waals surface area contributed by atoms with Gasteiger partial charge >= 0.3 is 0 Å². The third-order valence-corrected chi connectivity index (χ3v) is 5.18. The first-order chi connectivity index (χ1) is 14.5. The predicted molar refractivity (Wildman–Crippen MR) is 113 cm³/mol. The summed E-state index contributed by atoms with van der Waals surface area (Å²) in [4.78, 5) is 28.9. The summed E-state index contributed by atoms with van der Waals surface area (Å²) in [5.74, 6) is -0.774. The Morgan fingerprint density at radius 3 is 2.80 bits per heavy atom. The molecule has 0 radical (unpaired) electrons. The van der Waals surface area contributed by atoms with Crippen molar-refractivity contribution >= 4 is 27.7 Å². The Bertz CT molecular complexity index is 1280. The third-order valence-electron chi connectivity index (χ3n) is 5.18. The average Bonchev–Trinajstić information content (AvgIpc) is 3.12. The highest BCUT2D eigenvalue weighted by molar-refractivity contribution is 5.84. The van der Waals surface area contributed by atoms with Gasteiger partial charge < -0.3 is 10.3 Å². The van der Waals surface area contributed by atoms with E-state index in [2.05, 4.69) is 20.6 Å². The normalized spacial score (nSPS) is 12.5. The predicted octanol–water partition coefficient (Wildman–Crippen LogP) is 2.97. The minimum Gasteiger partial charge on any atom is -0.361 e. The molecule has 0 aliphatic heterocycles. The summed E-state index contributed by atoms with van der Waals surface area (Å²) in [5.41, 5.74) is 1.90. The lowest BCUT2D eigenvalue weighted by Crippen LogP contribution is -2.42. The lowest BCUT2D eigenvalue weighted by molar-refractivity contribution is -0.126. The maximum absolute atomic E-state index is 13.5. The molecule has 30 heavy (non-hydrogen) atoms. The maximum atomic E-state index is 13.5. The lowest BCUT2D eigenvalue weighted by atomic mass is 10.0. The first-order valence-electron chi connectivity index (χ1n) is 9.83. The number of amides is 1. The summed E-state index contributed by atoms with van der Waals surface area (Å²) >= 11 is 0. The van der Waals surface area contributed by atoms with E-state index in [4.69, 9.17) is 0 Å². The highest BCUT2D eigenvalue weighted by atomic mass is 19.1. The van der Waals surface area contributed by atoms with E-state index in [0.29, 0.717) is 23.9 Å². The minimum atomic E-state index is -0.782. The van der Waals surface area contributed by atoms with E-state index in [-0.39, 0.29) is 23.2 Å². The number of hydrogen-bond donors (Lipinski definition) is 2. The van der Waals surface area contributed by atoms with Crippen LogP contribution in [0.1, 0.15) is 25.5 Å². The minimum absolute atomic E-state index is 0.166. The molecule has 0 aliphatic rings. The maximum Gasteiger partial charge on any atom is 0.278 e. The number of rotatable bonds is 6. The Morgan fingerprint density at radius 1 is 1.20 bits per heavy atom. The number of carbonyl (C=O) groups is 1. The van der Waals surface area contributed by atoms with Crippen LogP contribution in [-0.2, 0) is 11.2 Å². The molecule has 0 saturated carbocycles. The molecule has 4 aromatic rings. The highest BCUT2D eigenvalue weighted by Gasteiger charge is 2.27. The number of hydrogen-bond acceptors (Lipinski definition) is 4. The van der Waals surface area contributed by atoms with E-state index in [0.717, 1.165) is 21.1 Å². The topological polar surface area (TPSA) is 92.7 Å². The molecule has 0 saturated heterocycles.